The molecule has 3 N–H and O–H groups in total. The minimum atomic E-state index is -0.893. The zero-order chi connectivity index (χ0) is 20.4. The van der Waals surface area contributed by atoms with Crippen molar-refractivity contribution in [1.82, 2.24) is 20.6 Å². The van der Waals surface area contributed by atoms with Gasteiger partial charge in [0.25, 0.3) is 0 Å². The number of anilines is 1. The number of nitrogens with one attached hydrogen (secondary N) is 1. The molecular weight excluding hydrogens is 388 g/mol. The van der Waals surface area contributed by atoms with Crippen LogP contribution in [0, 0.1) is 0 Å². The lowest BCUT2D eigenvalue weighted by Crippen LogP contribution is -2.55. The summed E-state index contributed by atoms with van der Waals surface area (Å²) < 4.78 is 0. The van der Waals surface area contributed by atoms with E-state index in [2.05, 4.69) is 20.6 Å². The lowest BCUT2D eigenvalue weighted by atomic mass is 9.77. The molecule has 1 aromatic heterocycles. The second-order valence-electron chi connectivity index (χ2n) is 6.94. The van der Waals surface area contributed by atoms with Crippen LogP contribution in [0.2, 0.25) is 5.02 Å². The van der Waals surface area contributed by atoms with Gasteiger partial charge >= 0.3 is 6.03 Å². The number of aromatic nitrogens is 4. The maximum absolute atomic E-state index is 12.6. The number of hydrogen-bond acceptors (Lipinski definition) is 4. The Kier molecular flexibility index (Phi) is 4.90. The van der Waals surface area contributed by atoms with Gasteiger partial charge in [-0.25, -0.2) is 9.89 Å². The van der Waals surface area contributed by atoms with Crippen molar-refractivity contribution in [2.75, 3.05) is 4.90 Å². The van der Waals surface area contributed by atoms with Crippen LogP contribution in [0.25, 0.3) is 5.57 Å². The van der Waals surface area contributed by atoms with E-state index in [1.165, 1.54) is 4.90 Å². The fourth-order valence-electron chi connectivity index (χ4n) is 3.71. The first-order valence-corrected chi connectivity index (χ1v) is 9.43. The van der Waals surface area contributed by atoms with E-state index in [-0.39, 0.29) is 5.92 Å². The minimum Gasteiger partial charge on any atom is -0.351 e. The van der Waals surface area contributed by atoms with Crippen molar-refractivity contribution in [3.05, 3.63) is 89.2 Å². The molecule has 2 atom stereocenters. The number of aromatic amines is 1. The van der Waals surface area contributed by atoms with Gasteiger partial charge < -0.3 is 5.73 Å². The summed E-state index contributed by atoms with van der Waals surface area (Å²) in [5, 5.41) is 14.8. The molecule has 0 radical (unpaired) electrons. The molecule has 0 saturated carbocycles. The Morgan fingerprint density at radius 2 is 1.90 bits per heavy atom. The molecule has 3 aromatic rings. The number of carbonyl (C=O) groups excluding carboxylic acids is 1. The number of rotatable bonds is 4. The quantitative estimate of drug-likeness (QED) is 0.685. The van der Waals surface area contributed by atoms with Gasteiger partial charge in [-0.1, -0.05) is 72.3 Å². The lowest BCUT2D eigenvalue weighted by molar-refractivity contribution is 0.248. The van der Waals surface area contributed by atoms with E-state index in [9.17, 15) is 4.79 Å². The molecule has 146 valence electrons. The maximum atomic E-state index is 12.6. The highest BCUT2D eigenvalue weighted by molar-refractivity contribution is 6.33. The van der Waals surface area contributed by atoms with Gasteiger partial charge in [-0.15, -0.1) is 5.10 Å². The van der Waals surface area contributed by atoms with Crippen LogP contribution < -0.4 is 10.6 Å². The molecule has 0 aliphatic heterocycles. The summed E-state index contributed by atoms with van der Waals surface area (Å²) in [6.07, 6.45) is 5.95. The van der Waals surface area contributed by atoms with Crippen molar-refractivity contribution < 1.29 is 4.79 Å². The molecule has 2 aromatic carbocycles. The van der Waals surface area contributed by atoms with Gasteiger partial charge in [0.2, 0.25) is 0 Å². The number of H-pyrrole nitrogens is 1. The van der Waals surface area contributed by atoms with Crippen LogP contribution in [0.5, 0.6) is 0 Å². The van der Waals surface area contributed by atoms with Crippen molar-refractivity contribution in [2.45, 2.75) is 18.4 Å². The molecule has 0 bridgehead atoms. The van der Waals surface area contributed by atoms with E-state index in [4.69, 9.17) is 17.3 Å². The van der Waals surface area contributed by atoms with Crippen LogP contribution in [0.4, 0.5) is 10.5 Å². The van der Waals surface area contributed by atoms with E-state index in [0.717, 1.165) is 11.1 Å². The van der Waals surface area contributed by atoms with E-state index in [1.54, 1.807) is 18.2 Å². The molecule has 2 amide bonds. The van der Waals surface area contributed by atoms with Crippen molar-refractivity contribution in [1.29, 1.82) is 0 Å². The standard InChI is InChI=1S/C21H19ClN6O/c1-21(28(20(23)29)18-10-6-5-9-17(18)22)12-11-15(14-7-3-2-4-8-14)13-16(21)19-24-26-27-25-19/h2-13,16H,1H3,(H2,23,29)(H,24,25,26,27). The second-order valence-corrected chi connectivity index (χ2v) is 7.34. The molecule has 1 aliphatic rings. The first kappa shape index (κ1) is 18.9. The van der Waals surface area contributed by atoms with Gasteiger partial charge in [0.05, 0.1) is 22.2 Å². The SMILES string of the molecule is CC1(N(C(N)=O)c2ccccc2Cl)C=CC(c2ccccc2)=CC1c1nnn[nH]1. The Morgan fingerprint density at radius 3 is 2.55 bits per heavy atom. The van der Waals surface area contributed by atoms with Crippen LogP contribution in [-0.4, -0.2) is 32.2 Å². The third-order valence-corrected chi connectivity index (χ3v) is 5.45. The topological polar surface area (TPSA) is 101 Å². The third-order valence-electron chi connectivity index (χ3n) is 5.14. The van der Waals surface area contributed by atoms with Gasteiger partial charge in [-0.3, -0.25) is 4.90 Å². The smallest absolute Gasteiger partial charge is 0.320 e. The molecule has 2 unspecified atom stereocenters. The largest absolute Gasteiger partial charge is 0.351 e. The Balaban J connectivity index is 1.87. The number of halogens is 1. The van der Waals surface area contributed by atoms with Crippen LogP contribution in [0.3, 0.4) is 0 Å². The minimum absolute atomic E-state index is 0.388. The Labute approximate surface area is 172 Å². The molecule has 4 rings (SSSR count). The van der Waals surface area contributed by atoms with Crippen molar-refractivity contribution >= 4 is 28.9 Å². The summed E-state index contributed by atoms with van der Waals surface area (Å²) in [7, 11) is 0. The number of primary amides is 1. The molecule has 8 heteroatoms. The number of nitrogens with zero attached hydrogens (tertiary/aromatic N) is 4. The van der Waals surface area contributed by atoms with E-state index >= 15 is 0 Å². The summed E-state index contributed by atoms with van der Waals surface area (Å²) in [5.41, 5.74) is 7.49. The highest BCUT2D eigenvalue weighted by atomic mass is 35.5. The van der Waals surface area contributed by atoms with Crippen molar-refractivity contribution in [2.24, 2.45) is 5.73 Å². The molecule has 0 fully saturated rings. The Bertz CT molecular complexity index is 1080. The number of tetrazole rings is 1. The zero-order valence-electron chi connectivity index (χ0n) is 15.7. The lowest BCUT2D eigenvalue weighted by Gasteiger charge is -2.44. The van der Waals surface area contributed by atoms with E-state index in [0.29, 0.717) is 16.5 Å². The predicted octanol–water partition coefficient (Wildman–Crippen LogP) is 3.93. The van der Waals surface area contributed by atoms with Crippen LogP contribution >= 0.6 is 11.6 Å². The molecule has 29 heavy (non-hydrogen) atoms. The zero-order valence-corrected chi connectivity index (χ0v) is 16.4. The Morgan fingerprint density at radius 1 is 1.17 bits per heavy atom. The number of allylic oxidation sites excluding steroid dienone is 2. The van der Waals surface area contributed by atoms with Gasteiger partial charge in [-0.05, 0) is 40.6 Å². The van der Waals surface area contributed by atoms with Gasteiger partial charge in [0.1, 0.15) is 0 Å². The maximum Gasteiger partial charge on any atom is 0.320 e. The Hall–Kier alpha value is -3.45. The average molecular weight is 407 g/mol. The summed E-state index contributed by atoms with van der Waals surface area (Å²) >= 11 is 6.40. The molecule has 0 saturated heterocycles. The predicted molar refractivity (Wildman–Crippen MR) is 112 cm³/mol. The monoisotopic (exact) mass is 406 g/mol. The van der Waals surface area contributed by atoms with Crippen LogP contribution in [0.1, 0.15) is 24.2 Å². The van der Waals surface area contributed by atoms with Crippen molar-refractivity contribution in [3.63, 3.8) is 0 Å². The number of nitrogens with two attached hydrogens (primary N) is 1. The van der Waals surface area contributed by atoms with Crippen molar-refractivity contribution in [3.8, 4) is 0 Å². The second kappa shape index (κ2) is 7.52. The first-order chi connectivity index (χ1) is 14.0. The van der Waals surface area contributed by atoms with E-state index in [1.807, 2.05) is 61.5 Å². The molecule has 1 aliphatic carbocycles. The molecule has 1 heterocycles. The van der Waals surface area contributed by atoms with E-state index < -0.39 is 11.6 Å². The highest BCUT2D eigenvalue weighted by Crippen LogP contribution is 2.43. The fourth-order valence-corrected chi connectivity index (χ4v) is 3.93. The number of para-hydroxylation sites is 1. The molecule has 0 spiro atoms. The number of amides is 2. The average Bonchev–Trinajstić information content (AvgIpc) is 3.25. The number of hydrogen-bond donors (Lipinski definition) is 2. The first-order valence-electron chi connectivity index (χ1n) is 9.05. The highest BCUT2D eigenvalue weighted by Gasteiger charge is 2.44. The summed E-state index contributed by atoms with van der Waals surface area (Å²) in [6, 6.07) is 16.4. The summed E-state index contributed by atoms with van der Waals surface area (Å²) in [5.74, 6) is 0.130. The summed E-state index contributed by atoms with van der Waals surface area (Å²) in [4.78, 5) is 14.1. The molecular formula is C21H19ClN6O. The third kappa shape index (κ3) is 3.40. The normalized spacial score (nSPS) is 20.9. The fraction of sp³-hybridized carbons (Fsp3) is 0.143. The molecule has 7 nitrogen and oxygen atoms in total. The van der Waals surface area contributed by atoms with Gasteiger partial charge in [-0.2, -0.15) is 0 Å². The number of benzene rings is 2. The summed E-state index contributed by atoms with van der Waals surface area (Å²) in [6.45, 7) is 1.91. The van der Waals surface area contributed by atoms with Gasteiger partial charge in [0.15, 0.2) is 5.82 Å². The number of carbonyl (C=O) groups is 1. The van der Waals surface area contributed by atoms with Gasteiger partial charge in [0, 0.05) is 0 Å². The number of urea groups is 1. The van der Waals surface area contributed by atoms with Crippen LogP contribution in [0.15, 0.2) is 72.8 Å². The van der Waals surface area contributed by atoms with Crippen LogP contribution in [-0.2, 0) is 0 Å².